The first-order valence-corrected chi connectivity index (χ1v) is 16.3. The normalized spacial score (nSPS) is 14.7. The Labute approximate surface area is 271 Å². The molecular weight excluding hydrogens is 663 g/mol. The molecule has 0 spiro atoms. The van der Waals surface area contributed by atoms with Gasteiger partial charge in [-0.3, -0.25) is 9.69 Å². The molecule has 4 aromatic rings. The summed E-state index contributed by atoms with van der Waals surface area (Å²) < 4.78 is 78.0. The molecule has 246 valence electrons. The molecule has 1 fully saturated rings. The number of nitrogens with one attached hydrogen (secondary N) is 1. The van der Waals surface area contributed by atoms with Crippen LogP contribution in [0.1, 0.15) is 25.3 Å². The van der Waals surface area contributed by atoms with Gasteiger partial charge in [0.2, 0.25) is 5.91 Å². The first-order valence-electron chi connectivity index (χ1n) is 13.9. The van der Waals surface area contributed by atoms with Gasteiger partial charge in [0.05, 0.1) is 27.7 Å². The van der Waals surface area contributed by atoms with Crippen molar-refractivity contribution in [1.29, 1.82) is 0 Å². The fourth-order valence-corrected chi connectivity index (χ4v) is 6.21. The van der Waals surface area contributed by atoms with E-state index in [1.165, 1.54) is 28.0 Å². The van der Waals surface area contributed by atoms with Crippen molar-refractivity contribution in [3.63, 3.8) is 0 Å². The van der Waals surface area contributed by atoms with Crippen LogP contribution in [0.2, 0.25) is 0 Å². The standard InChI is InChI=1S/C30H27F4N7O4S2/c1-17(2)22-11-8-20(39(3)4)14-25(22)41-26(42)15-46-29(41)37-28(43)36-24-12-5-18(13-23(24)31)27-35-16-40(38-27)19-6-9-21(10-7-19)47(44,45)30(32,33)34/h5-14,16-17H,15H2,1-4H3,(H,36,43). The molecular formula is C30H27F4N7O4S2. The third kappa shape index (κ3) is 6.85. The van der Waals surface area contributed by atoms with Crippen LogP contribution in [0.25, 0.3) is 17.1 Å². The summed E-state index contributed by atoms with van der Waals surface area (Å²) in [6.07, 6.45) is 1.22. The molecule has 1 aliphatic rings. The summed E-state index contributed by atoms with van der Waals surface area (Å²) in [4.78, 5) is 36.4. The summed E-state index contributed by atoms with van der Waals surface area (Å²) in [7, 11) is -1.76. The minimum Gasteiger partial charge on any atom is -0.378 e. The van der Waals surface area contributed by atoms with E-state index >= 15 is 4.39 Å². The molecule has 1 N–H and O–H groups in total. The molecule has 0 saturated carbocycles. The Morgan fingerprint density at radius 2 is 1.77 bits per heavy atom. The van der Waals surface area contributed by atoms with Gasteiger partial charge in [0.25, 0.3) is 9.84 Å². The molecule has 0 bridgehead atoms. The zero-order chi connectivity index (χ0) is 34.3. The second-order valence-corrected chi connectivity index (χ2v) is 13.7. The van der Waals surface area contributed by atoms with Crippen molar-refractivity contribution in [2.24, 2.45) is 4.99 Å². The fourth-order valence-electron chi connectivity index (χ4n) is 4.59. The topological polar surface area (TPSA) is 130 Å². The molecule has 0 aliphatic carbocycles. The van der Waals surface area contributed by atoms with E-state index in [9.17, 15) is 31.2 Å². The third-order valence-corrected chi connectivity index (χ3v) is 9.46. The van der Waals surface area contributed by atoms with Crippen molar-refractivity contribution in [2.75, 3.05) is 35.0 Å². The molecule has 3 aromatic carbocycles. The SMILES string of the molecule is CC(C)c1ccc(N(C)C)cc1N1C(=O)CSC1=NC(=O)Nc1ccc(-c2ncn(-c3ccc(S(=O)(=O)C(F)(F)F)cc3)n2)cc1F. The minimum absolute atomic E-state index is 0.0476. The van der Waals surface area contributed by atoms with Crippen LogP contribution in [0.4, 0.5) is 39.4 Å². The largest absolute Gasteiger partial charge is 0.501 e. The van der Waals surface area contributed by atoms with E-state index in [-0.39, 0.29) is 45.5 Å². The Morgan fingerprint density at radius 1 is 1.06 bits per heavy atom. The van der Waals surface area contributed by atoms with Gasteiger partial charge in [-0.25, -0.2) is 27.3 Å². The van der Waals surface area contributed by atoms with Gasteiger partial charge < -0.3 is 10.2 Å². The van der Waals surface area contributed by atoms with Crippen molar-refractivity contribution in [2.45, 2.75) is 30.2 Å². The number of hydrogen-bond donors (Lipinski definition) is 1. The van der Waals surface area contributed by atoms with E-state index in [2.05, 4.69) is 20.4 Å². The average molecular weight is 690 g/mol. The second kappa shape index (κ2) is 12.8. The lowest BCUT2D eigenvalue weighted by atomic mass is 9.99. The number of hydrogen-bond acceptors (Lipinski definition) is 8. The van der Waals surface area contributed by atoms with Crippen LogP contribution < -0.4 is 15.1 Å². The summed E-state index contributed by atoms with van der Waals surface area (Å²) in [5.41, 5.74) is -2.86. The lowest BCUT2D eigenvalue weighted by Crippen LogP contribution is -2.31. The van der Waals surface area contributed by atoms with Gasteiger partial charge in [0.1, 0.15) is 12.1 Å². The maximum Gasteiger partial charge on any atom is 0.501 e. The number of aromatic nitrogens is 3. The van der Waals surface area contributed by atoms with E-state index in [0.717, 1.165) is 53.3 Å². The Kier molecular flexibility index (Phi) is 9.14. The Hall–Kier alpha value is -4.77. The van der Waals surface area contributed by atoms with Crippen LogP contribution in [0.5, 0.6) is 0 Å². The van der Waals surface area contributed by atoms with Gasteiger partial charge in [0.15, 0.2) is 11.0 Å². The second-order valence-electron chi connectivity index (χ2n) is 10.8. The number of sulfone groups is 1. The summed E-state index contributed by atoms with van der Waals surface area (Å²) in [6.45, 7) is 3.98. The van der Waals surface area contributed by atoms with Crippen LogP contribution >= 0.6 is 11.8 Å². The Morgan fingerprint density at radius 3 is 2.38 bits per heavy atom. The molecule has 11 nitrogen and oxygen atoms in total. The highest BCUT2D eigenvalue weighted by Gasteiger charge is 2.46. The number of thioether (sulfide) groups is 1. The van der Waals surface area contributed by atoms with Gasteiger partial charge in [-0.05, 0) is 66.1 Å². The maximum absolute atomic E-state index is 15.1. The predicted octanol–water partition coefficient (Wildman–Crippen LogP) is 6.22. The lowest BCUT2D eigenvalue weighted by Gasteiger charge is -2.24. The van der Waals surface area contributed by atoms with Crippen molar-refractivity contribution < 1.29 is 35.6 Å². The molecule has 1 aliphatic heterocycles. The van der Waals surface area contributed by atoms with Crippen LogP contribution in [0.15, 0.2) is 76.9 Å². The van der Waals surface area contributed by atoms with Gasteiger partial charge in [-0.1, -0.05) is 31.7 Å². The number of urea groups is 1. The number of benzene rings is 3. The number of amides is 3. The average Bonchev–Trinajstić information content (AvgIpc) is 3.64. The summed E-state index contributed by atoms with van der Waals surface area (Å²) in [6, 6.07) is 12.5. The molecule has 0 unspecified atom stereocenters. The molecule has 2 heterocycles. The van der Waals surface area contributed by atoms with Crippen LogP contribution in [0, 0.1) is 5.82 Å². The van der Waals surface area contributed by atoms with Crippen molar-refractivity contribution in [3.05, 3.63) is 78.4 Å². The highest BCUT2D eigenvalue weighted by atomic mass is 32.2. The van der Waals surface area contributed by atoms with E-state index in [4.69, 9.17) is 0 Å². The molecule has 0 radical (unpaired) electrons. The lowest BCUT2D eigenvalue weighted by molar-refractivity contribution is -0.115. The van der Waals surface area contributed by atoms with Crippen LogP contribution in [-0.4, -0.2) is 65.6 Å². The number of halogens is 4. The number of alkyl halides is 3. The van der Waals surface area contributed by atoms with E-state index in [1.54, 1.807) is 0 Å². The first-order chi connectivity index (χ1) is 22.1. The Balaban J connectivity index is 1.33. The quantitative estimate of drug-likeness (QED) is 0.226. The molecule has 3 amide bonds. The fraction of sp³-hybridized carbons (Fsp3) is 0.233. The van der Waals surface area contributed by atoms with E-state index in [1.807, 2.05) is 51.0 Å². The molecule has 0 atom stereocenters. The number of carbonyl (C=O) groups excluding carboxylic acids is 2. The summed E-state index contributed by atoms with van der Waals surface area (Å²) in [5, 5.41) is 6.73. The third-order valence-electron chi connectivity index (χ3n) is 7.03. The molecule has 17 heteroatoms. The van der Waals surface area contributed by atoms with Gasteiger partial charge in [0, 0.05) is 25.3 Å². The Bertz CT molecular complexity index is 1990. The van der Waals surface area contributed by atoms with Crippen molar-refractivity contribution in [1.82, 2.24) is 14.8 Å². The van der Waals surface area contributed by atoms with Crippen LogP contribution in [-0.2, 0) is 14.6 Å². The van der Waals surface area contributed by atoms with E-state index < -0.39 is 32.1 Å². The predicted molar refractivity (Wildman–Crippen MR) is 171 cm³/mol. The molecule has 1 saturated heterocycles. The smallest absolute Gasteiger partial charge is 0.378 e. The summed E-state index contributed by atoms with van der Waals surface area (Å²) in [5.74, 6) is -0.877. The number of anilines is 3. The van der Waals surface area contributed by atoms with Gasteiger partial charge in [-0.2, -0.15) is 18.2 Å². The zero-order valence-corrected chi connectivity index (χ0v) is 26.9. The zero-order valence-electron chi connectivity index (χ0n) is 25.3. The molecule has 1 aromatic heterocycles. The van der Waals surface area contributed by atoms with Crippen molar-refractivity contribution >= 4 is 55.8 Å². The number of rotatable bonds is 7. The van der Waals surface area contributed by atoms with Gasteiger partial charge >= 0.3 is 11.5 Å². The number of carbonyl (C=O) groups is 2. The maximum atomic E-state index is 15.1. The number of amidine groups is 1. The highest BCUT2D eigenvalue weighted by molar-refractivity contribution is 8.15. The number of nitrogens with zero attached hydrogens (tertiary/aromatic N) is 6. The monoisotopic (exact) mass is 689 g/mol. The minimum atomic E-state index is -5.51. The molecule has 47 heavy (non-hydrogen) atoms. The van der Waals surface area contributed by atoms with E-state index in [0.29, 0.717) is 5.69 Å². The molecule has 5 rings (SSSR count). The van der Waals surface area contributed by atoms with Crippen LogP contribution in [0.3, 0.4) is 0 Å². The first kappa shape index (κ1) is 33.6. The number of aliphatic imine (C=N–C) groups is 1. The van der Waals surface area contributed by atoms with Gasteiger partial charge in [-0.15, -0.1) is 5.10 Å². The summed E-state index contributed by atoms with van der Waals surface area (Å²) >= 11 is 1.09. The highest BCUT2D eigenvalue weighted by Crippen LogP contribution is 2.36. The van der Waals surface area contributed by atoms with Crippen molar-refractivity contribution in [3.8, 4) is 17.1 Å².